The Morgan fingerprint density at radius 2 is 0.958 bits per heavy atom. The summed E-state index contributed by atoms with van der Waals surface area (Å²) >= 11 is 6.51. The number of benzene rings is 4. The van der Waals surface area contributed by atoms with Gasteiger partial charge in [-0.05, 0) is 186 Å². The molecule has 0 radical (unpaired) electrons. The van der Waals surface area contributed by atoms with Crippen LogP contribution in [0, 0.1) is 13.8 Å². The molecule has 4 unspecified atom stereocenters. The van der Waals surface area contributed by atoms with Crippen LogP contribution in [-0.4, -0.2) is 295 Å². The molecule has 7 fully saturated rings. The molecule has 142 heavy (non-hydrogen) atoms. The van der Waals surface area contributed by atoms with Gasteiger partial charge in [0.2, 0.25) is 0 Å². The van der Waals surface area contributed by atoms with Gasteiger partial charge in [-0.25, -0.2) is 49.8 Å². The molecule has 7 aromatic heterocycles. The van der Waals surface area contributed by atoms with Crippen LogP contribution in [0.2, 0.25) is 5.02 Å². The van der Waals surface area contributed by atoms with E-state index < -0.39 is 24.4 Å². The van der Waals surface area contributed by atoms with Gasteiger partial charge >= 0.3 is 0 Å². The molecule has 11 aromatic rings. The summed E-state index contributed by atoms with van der Waals surface area (Å²) < 4.78 is 33.3. The van der Waals surface area contributed by atoms with E-state index in [4.69, 9.17) is 75.2 Å². The highest BCUT2D eigenvalue weighted by atomic mass is 35.5. The molecule has 33 nitrogen and oxygen atoms in total. The summed E-state index contributed by atoms with van der Waals surface area (Å²) in [5.74, 6) is 12.3. The van der Waals surface area contributed by atoms with Gasteiger partial charge in [0.15, 0.2) is 23.3 Å². The van der Waals surface area contributed by atoms with Gasteiger partial charge in [-0.3, -0.25) is 4.40 Å². The van der Waals surface area contributed by atoms with Crippen molar-refractivity contribution in [3.05, 3.63) is 162 Å². The summed E-state index contributed by atoms with van der Waals surface area (Å²) in [5, 5.41) is 59.4. The van der Waals surface area contributed by atoms with Gasteiger partial charge in [0.25, 0.3) is 0 Å². The normalized spacial score (nSPS) is 18.2. The Kier molecular flexibility index (Phi) is 37.2. The van der Waals surface area contributed by atoms with Crippen LogP contribution in [0.4, 0.5) is 34.9 Å². The number of ether oxygens (including phenoxy) is 5. The third-order valence-corrected chi connectivity index (χ3v) is 28.9. The Bertz CT molecular complexity index is 5850. The van der Waals surface area contributed by atoms with Crippen molar-refractivity contribution < 1.29 is 44.1 Å². The minimum absolute atomic E-state index is 0.151. The number of nitrogens with one attached hydrogen (secondary N) is 6. The predicted molar refractivity (Wildman–Crippen MR) is 565 cm³/mol. The van der Waals surface area contributed by atoms with Crippen LogP contribution in [0.5, 0.6) is 23.0 Å². The molecule has 34 heteroatoms. The SMILES string of the molecule is CNCC(O)COc1cc(Cl)cc(-c2nc(-c3cnc4ccccn34)c(C)c(N(C)C3CCCCC3)n2)c1.CNCC(O)COc1cccc(-c2nc(-c3cnc4n3CCNC4)cc(N(C)C3CCCCC3)n2)c1.CNCC(O)COc1cccc(-c2nc(N(C)C3CCCCC3)cc(N3C[C@H]4C[C@@H]3CN4)n2)c1.CNCC(O)COc1cccc(-c2nc(N3CCCCC3)c(C)c(N(C)C3CCOCC3)n2)c1. The Morgan fingerprint density at radius 1 is 0.472 bits per heavy atom. The number of piperazine rings is 1. The number of pyridine rings is 1. The number of nitrogens with zero attached hydrogens (tertiary/aromatic N) is 18. The van der Waals surface area contributed by atoms with Crippen LogP contribution in [0.3, 0.4) is 0 Å². The topological polar surface area (TPSA) is 357 Å². The van der Waals surface area contributed by atoms with Gasteiger partial charge in [0, 0.05) is 200 Å². The van der Waals surface area contributed by atoms with Crippen molar-refractivity contribution in [2.75, 3.05) is 184 Å². The highest BCUT2D eigenvalue weighted by Gasteiger charge is 2.40. The molecule has 5 aliphatic heterocycles. The van der Waals surface area contributed by atoms with Crippen LogP contribution >= 0.6 is 11.6 Å². The van der Waals surface area contributed by atoms with Crippen molar-refractivity contribution in [3.63, 3.8) is 0 Å². The maximum atomic E-state index is 10.1. The van der Waals surface area contributed by atoms with E-state index in [0.717, 1.165) is 193 Å². The smallest absolute Gasteiger partial charge is 0.164 e. The average molecular weight is 1960 g/mol. The second-order valence-electron chi connectivity index (χ2n) is 39.2. The lowest BCUT2D eigenvalue weighted by Crippen LogP contribution is -2.44. The lowest BCUT2D eigenvalue weighted by Gasteiger charge is -2.35. The number of halogens is 1. The highest BCUT2D eigenvalue weighted by Crippen LogP contribution is 2.42. The summed E-state index contributed by atoms with van der Waals surface area (Å²) in [5.41, 5.74) is 10.2. The first-order valence-corrected chi connectivity index (χ1v) is 52.0. The van der Waals surface area contributed by atoms with E-state index in [2.05, 4.69) is 134 Å². The third kappa shape index (κ3) is 26.9. The Hall–Kier alpha value is -11.1. The molecule has 0 amide bonds. The van der Waals surface area contributed by atoms with E-state index in [0.29, 0.717) is 108 Å². The first-order valence-electron chi connectivity index (χ1n) is 51.6. The molecule has 10 N–H and O–H groups in total. The van der Waals surface area contributed by atoms with Gasteiger partial charge in [0.05, 0.1) is 41.7 Å². The zero-order chi connectivity index (χ0) is 99.0. The van der Waals surface area contributed by atoms with E-state index >= 15 is 0 Å². The number of rotatable bonds is 36. The number of aliphatic hydroxyl groups excluding tert-OH is 4. The van der Waals surface area contributed by atoms with Crippen molar-refractivity contribution >= 4 is 52.2 Å². The van der Waals surface area contributed by atoms with E-state index in [-0.39, 0.29) is 26.4 Å². The van der Waals surface area contributed by atoms with E-state index in [9.17, 15) is 20.4 Å². The van der Waals surface area contributed by atoms with Crippen molar-refractivity contribution in [2.24, 2.45) is 0 Å². The van der Waals surface area contributed by atoms with Crippen LogP contribution in [0.15, 0.2) is 140 Å². The second-order valence-corrected chi connectivity index (χ2v) is 39.6. The average Bonchev–Trinajstić information content (AvgIpc) is 1.50. The standard InChI is InChI=1S/C29H35ClN6O2.C27H37N7O2.C26H38N6O2.C26H39N5O3/c1-19-27(25-17-32-26-11-7-8-12-36(25)26)33-28(34-29(19)35(3)22-9-5-4-6-10-22)20-13-21(30)15-24(14-20)38-18-23(37)16-31-2;1-28-15-21(35)18-36-22-10-6-7-19(13-22)27-31-23(24-16-30-26-17-29-11-12-34(24)26)14-25(32-27)33(2)20-8-4-3-5-9-20;1-27-15-22(33)17-34-23-10-6-7-18(11-23)26-29-24(31(2)20-8-4-3-5-9-20)13-25(30-26)32-16-19-12-21(32)14-28-19;1-19-25(30(3)21-10-14-33-15-11-21)28-24(29-26(19)31-12-5-4-6-13-31)20-8-7-9-23(16-20)34-18-22(32)17-27-2/h7-8,11-15,17,22-23,31,37H,4-6,9-10,16,18H2,1-3H3;6-7,10,13-14,16,20-21,28-29,35H,3-5,8-9,11-12,15,17-18H2,1-2H3;6-7,10-11,13,19-22,27-28,33H,3-5,8-9,12,14-17H2,1-2H3;7-9,16,21-22,27,32H,4-6,10-15,17-18H2,1-3H3/t;;19-,21-,22?;/m..1./s1. The Morgan fingerprint density at radius 3 is 1.49 bits per heavy atom. The molecule has 2 bridgehead atoms. The summed E-state index contributed by atoms with van der Waals surface area (Å²) in [4.78, 5) is 63.9. The molecule has 12 heterocycles. The third-order valence-electron chi connectivity index (χ3n) is 28.7. The number of aromatic nitrogens is 12. The lowest BCUT2D eigenvalue weighted by atomic mass is 9.94. The maximum Gasteiger partial charge on any atom is 0.164 e. The van der Waals surface area contributed by atoms with Gasteiger partial charge in [-0.1, -0.05) is 112 Å². The first kappa shape index (κ1) is 104. The van der Waals surface area contributed by atoms with Crippen molar-refractivity contribution in [2.45, 2.75) is 222 Å². The molecule has 4 aromatic carbocycles. The second kappa shape index (κ2) is 50.9. The van der Waals surface area contributed by atoms with E-state index in [1.807, 2.05) is 143 Å². The minimum atomic E-state index is -0.629. The number of piperidine rings is 1. The van der Waals surface area contributed by atoms with Gasteiger partial charge < -0.3 is 110 Å². The molecule has 8 aliphatic rings. The van der Waals surface area contributed by atoms with E-state index in [1.165, 1.54) is 109 Å². The van der Waals surface area contributed by atoms with Gasteiger partial charge in [-0.15, -0.1) is 0 Å². The van der Waals surface area contributed by atoms with Crippen LogP contribution in [-0.2, 0) is 17.8 Å². The number of hydrogen-bond donors (Lipinski definition) is 10. The molecule has 762 valence electrons. The van der Waals surface area contributed by atoms with Crippen LogP contribution in [0.25, 0.3) is 74.0 Å². The summed E-state index contributed by atoms with van der Waals surface area (Å²) in [6.45, 7) is 15.2. The van der Waals surface area contributed by atoms with E-state index in [1.54, 1.807) is 13.1 Å². The zero-order valence-corrected chi connectivity index (χ0v) is 85.4. The van der Waals surface area contributed by atoms with Crippen LogP contribution < -0.4 is 80.2 Å². The molecular weight excluding hydrogens is 1810 g/mol. The maximum absolute atomic E-state index is 10.1. The quantitative estimate of drug-likeness (QED) is 0.0174. The van der Waals surface area contributed by atoms with Crippen molar-refractivity contribution in [1.82, 2.24) is 90.7 Å². The molecule has 19 rings (SSSR count). The fourth-order valence-corrected chi connectivity index (χ4v) is 21.0. The molecule has 6 atom stereocenters. The number of aliphatic hydroxyl groups is 4. The Balaban J connectivity index is 0.000000136. The Labute approximate surface area is 842 Å². The van der Waals surface area contributed by atoms with Crippen molar-refractivity contribution in [3.8, 4) is 91.3 Å². The number of likely N-dealkylation sites (N-methyl/N-ethyl adjacent to an activating group) is 4. The molecule has 4 saturated heterocycles. The minimum Gasteiger partial charge on any atom is -0.491 e. The predicted octanol–water partition coefficient (Wildman–Crippen LogP) is 13.4. The number of hydrogen-bond acceptors (Lipinski definition) is 31. The number of anilines is 6. The van der Waals surface area contributed by atoms with Gasteiger partial charge in [0.1, 0.15) is 120 Å². The van der Waals surface area contributed by atoms with Crippen molar-refractivity contribution in [1.29, 1.82) is 0 Å². The highest BCUT2D eigenvalue weighted by molar-refractivity contribution is 6.31. The summed E-state index contributed by atoms with van der Waals surface area (Å²) in [6, 6.07) is 42.2. The fourth-order valence-electron chi connectivity index (χ4n) is 20.8. The zero-order valence-electron chi connectivity index (χ0n) is 84.7. The summed E-state index contributed by atoms with van der Waals surface area (Å²) in [7, 11) is 15.9. The molecular formula is C108H149ClN24O9. The monoisotopic (exact) mass is 1960 g/mol. The largest absolute Gasteiger partial charge is 0.491 e. The fraction of sp³-hybridized carbons (Fsp3) is 0.537. The first-order chi connectivity index (χ1) is 69.2. The van der Waals surface area contributed by atoms with Gasteiger partial charge in [-0.2, -0.15) is 0 Å². The molecule has 3 saturated carbocycles. The number of imidazole rings is 2. The summed E-state index contributed by atoms with van der Waals surface area (Å²) in [6.07, 6.45) is 29.0. The molecule has 0 spiro atoms. The van der Waals surface area contributed by atoms with Crippen LogP contribution in [0.1, 0.15) is 152 Å². The lowest BCUT2D eigenvalue weighted by molar-refractivity contribution is 0.0853. The number of fused-ring (bicyclic) bond motifs is 4. The molecule has 3 aliphatic carbocycles.